The van der Waals surface area contributed by atoms with E-state index < -0.39 is 29.4 Å². The summed E-state index contributed by atoms with van der Waals surface area (Å²) in [5.41, 5.74) is 1.15. The van der Waals surface area contributed by atoms with Crippen molar-refractivity contribution in [3.05, 3.63) is 64.7 Å². The van der Waals surface area contributed by atoms with E-state index in [2.05, 4.69) is 16.0 Å². The normalized spacial score (nSPS) is 12.9. The Balaban J connectivity index is 1.63. The Labute approximate surface area is 215 Å². The Bertz CT molecular complexity index is 1230. The summed E-state index contributed by atoms with van der Waals surface area (Å²) in [6.45, 7) is 9.14. The summed E-state index contributed by atoms with van der Waals surface area (Å²) in [5, 5.41) is 7.87. The van der Waals surface area contributed by atoms with Gasteiger partial charge in [-0.3, -0.25) is 24.1 Å². The molecule has 0 spiro atoms. The maximum atomic E-state index is 13.0. The molecule has 10 nitrogen and oxygen atoms in total. The van der Waals surface area contributed by atoms with Crippen LogP contribution in [0.3, 0.4) is 0 Å². The molecule has 0 aliphatic carbocycles. The molecule has 1 aliphatic rings. The minimum atomic E-state index is -0.697. The lowest BCUT2D eigenvalue weighted by molar-refractivity contribution is -0.120. The molecule has 3 N–H and O–H groups in total. The molecule has 0 aromatic heterocycles. The van der Waals surface area contributed by atoms with E-state index in [9.17, 15) is 24.0 Å². The second-order valence-corrected chi connectivity index (χ2v) is 10.1. The second-order valence-electron chi connectivity index (χ2n) is 10.1. The highest BCUT2D eigenvalue weighted by atomic mass is 16.6. The highest BCUT2D eigenvalue weighted by Crippen LogP contribution is 2.25. The highest BCUT2D eigenvalue weighted by Gasteiger charge is 2.36. The van der Waals surface area contributed by atoms with Crippen LogP contribution in [0.2, 0.25) is 0 Å². The number of anilines is 1. The third-order valence-corrected chi connectivity index (χ3v) is 5.31. The molecule has 0 bridgehead atoms. The van der Waals surface area contributed by atoms with Crippen LogP contribution >= 0.6 is 0 Å². The third-order valence-electron chi connectivity index (χ3n) is 5.31. The maximum absolute atomic E-state index is 13.0. The van der Waals surface area contributed by atoms with Gasteiger partial charge in [0.05, 0.1) is 11.1 Å². The number of nitrogens with zero attached hydrogens (tertiary/aromatic N) is 1. The van der Waals surface area contributed by atoms with E-state index in [-0.39, 0.29) is 41.6 Å². The lowest BCUT2D eigenvalue weighted by Gasteiger charge is -2.19. The van der Waals surface area contributed by atoms with Crippen LogP contribution in [0.4, 0.5) is 10.5 Å². The fourth-order valence-electron chi connectivity index (χ4n) is 3.68. The van der Waals surface area contributed by atoms with Crippen molar-refractivity contribution in [3.63, 3.8) is 0 Å². The molecule has 196 valence electrons. The molecule has 2 aromatic carbocycles. The fourth-order valence-corrected chi connectivity index (χ4v) is 3.68. The SMILES string of the molecule is CC(C)CN1C(=O)c2ccc(C(=O)Nc3ccccc3CNC(=O)CNC(=O)OC(C)(C)C)cc2C1=O. The first-order valence-electron chi connectivity index (χ1n) is 12.0. The zero-order chi connectivity index (χ0) is 27.3. The van der Waals surface area contributed by atoms with Crippen LogP contribution in [0.25, 0.3) is 0 Å². The number of benzene rings is 2. The first kappa shape index (κ1) is 27.4. The van der Waals surface area contributed by atoms with Crippen molar-refractivity contribution in [2.24, 2.45) is 5.92 Å². The Kier molecular flexibility index (Phi) is 8.31. The highest BCUT2D eigenvalue weighted by molar-refractivity contribution is 6.22. The molecular weight excluding hydrogens is 476 g/mol. The number of nitrogens with one attached hydrogen (secondary N) is 3. The average Bonchev–Trinajstić information content (AvgIpc) is 3.05. The van der Waals surface area contributed by atoms with E-state index >= 15 is 0 Å². The summed E-state index contributed by atoms with van der Waals surface area (Å²) in [5.74, 6) is -1.54. The van der Waals surface area contributed by atoms with Crippen molar-refractivity contribution in [3.8, 4) is 0 Å². The van der Waals surface area contributed by atoms with Crippen molar-refractivity contribution in [1.29, 1.82) is 0 Å². The number of hydrogen-bond acceptors (Lipinski definition) is 6. The Morgan fingerprint density at radius 1 is 0.946 bits per heavy atom. The van der Waals surface area contributed by atoms with Crippen molar-refractivity contribution < 1.29 is 28.7 Å². The minimum absolute atomic E-state index is 0.104. The standard InChI is InChI=1S/C27H32N4O6/c1-16(2)15-31-24(34)19-11-10-17(12-20(19)25(31)35)23(33)30-21-9-7-6-8-18(21)13-28-22(32)14-29-26(36)37-27(3,4)5/h6-12,16H,13-15H2,1-5H3,(H,28,32)(H,29,36)(H,30,33). The molecule has 10 heteroatoms. The molecule has 3 rings (SSSR count). The number of carbonyl (C=O) groups is 5. The summed E-state index contributed by atoms with van der Waals surface area (Å²) < 4.78 is 5.10. The van der Waals surface area contributed by atoms with Crippen LogP contribution in [0.1, 0.15) is 71.3 Å². The van der Waals surface area contributed by atoms with Gasteiger partial charge in [-0.2, -0.15) is 0 Å². The average molecular weight is 509 g/mol. The summed E-state index contributed by atoms with van der Waals surface area (Å²) in [7, 11) is 0. The number of imide groups is 1. The fraction of sp³-hybridized carbons (Fsp3) is 0.370. The van der Waals surface area contributed by atoms with Gasteiger partial charge in [-0.05, 0) is 56.5 Å². The molecule has 1 heterocycles. The van der Waals surface area contributed by atoms with E-state index in [1.54, 1.807) is 45.0 Å². The number of amides is 5. The van der Waals surface area contributed by atoms with Gasteiger partial charge in [0.2, 0.25) is 5.91 Å². The van der Waals surface area contributed by atoms with Crippen molar-refractivity contribution >= 4 is 35.4 Å². The smallest absolute Gasteiger partial charge is 0.408 e. The van der Waals surface area contributed by atoms with Gasteiger partial charge < -0.3 is 20.7 Å². The molecule has 1 aliphatic heterocycles. The number of fused-ring (bicyclic) bond motifs is 1. The molecule has 0 saturated heterocycles. The summed E-state index contributed by atoms with van der Waals surface area (Å²) in [6, 6.07) is 11.4. The Hall–Kier alpha value is -4.21. The van der Waals surface area contributed by atoms with E-state index in [0.29, 0.717) is 17.8 Å². The van der Waals surface area contributed by atoms with Gasteiger partial charge in [0.1, 0.15) is 12.1 Å². The van der Waals surface area contributed by atoms with E-state index in [1.165, 1.54) is 23.1 Å². The third kappa shape index (κ3) is 7.16. The topological polar surface area (TPSA) is 134 Å². The molecular formula is C27H32N4O6. The Morgan fingerprint density at radius 2 is 1.62 bits per heavy atom. The van der Waals surface area contributed by atoms with E-state index in [0.717, 1.165) is 0 Å². The summed E-state index contributed by atoms with van der Waals surface area (Å²) >= 11 is 0. The largest absolute Gasteiger partial charge is 0.444 e. The van der Waals surface area contributed by atoms with Gasteiger partial charge in [0.25, 0.3) is 17.7 Å². The number of hydrogen-bond donors (Lipinski definition) is 3. The molecule has 0 atom stereocenters. The number of ether oxygens (including phenoxy) is 1. The van der Waals surface area contributed by atoms with Crippen LogP contribution in [0.5, 0.6) is 0 Å². The van der Waals surface area contributed by atoms with Gasteiger partial charge in [-0.1, -0.05) is 32.0 Å². The van der Waals surface area contributed by atoms with Crippen LogP contribution in [-0.2, 0) is 16.1 Å². The molecule has 0 radical (unpaired) electrons. The van der Waals surface area contributed by atoms with Crippen molar-refractivity contribution in [2.75, 3.05) is 18.4 Å². The van der Waals surface area contributed by atoms with E-state index in [4.69, 9.17) is 4.74 Å². The second kappa shape index (κ2) is 11.2. The van der Waals surface area contributed by atoms with Crippen LogP contribution in [-0.4, -0.2) is 53.3 Å². The molecule has 5 amide bonds. The number of alkyl carbamates (subject to hydrolysis) is 1. The lowest BCUT2D eigenvalue weighted by atomic mass is 10.0. The number of para-hydroxylation sites is 1. The molecule has 37 heavy (non-hydrogen) atoms. The van der Waals surface area contributed by atoms with Crippen molar-refractivity contribution in [1.82, 2.24) is 15.5 Å². The maximum Gasteiger partial charge on any atom is 0.408 e. The van der Waals surface area contributed by atoms with Gasteiger partial charge in [-0.25, -0.2) is 4.79 Å². The zero-order valence-electron chi connectivity index (χ0n) is 21.6. The van der Waals surface area contributed by atoms with Gasteiger partial charge >= 0.3 is 6.09 Å². The van der Waals surface area contributed by atoms with Crippen LogP contribution in [0, 0.1) is 5.92 Å². The van der Waals surface area contributed by atoms with Crippen molar-refractivity contribution in [2.45, 2.75) is 46.8 Å². The molecule has 0 saturated carbocycles. The first-order chi connectivity index (χ1) is 17.4. The van der Waals surface area contributed by atoms with Gasteiger partial charge in [0, 0.05) is 24.3 Å². The molecule has 2 aromatic rings. The lowest BCUT2D eigenvalue weighted by Crippen LogP contribution is -2.39. The predicted molar refractivity (Wildman–Crippen MR) is 137 cm³/mol. The quantitative estimate of drug-likeness (QED) is 0.469. The summed E-state index contributed by atoms with van der Waals surface area (Å²) in [6.07, 6.45) is -0.697. The predicted octanol–water partition coefficient (Wildman–Crippen LogP) is 3.33. The van der Waals surface area contributed by atoms with Crippen LogP contribution in [0.15, 0.2) is 42.5 Å². The first-order valence-corrected chi connectivity index (χ1v) is 12.0. The Morgan fingerprint density at radius 3 is 2.30 bits per heavy atom. The van der Waals surface area contributed by atoms with Gasteiger partial charge in [-0.15, -0.1) is 0 Å². The minimum Gasteiger partial charge on any atom is -0.444 e. The number of rotatable bonds is 8. The summed E-state index contributed by atoms with van der Waals surface area (Å²) in [4.78, 5) is 63.4. The zero-order valence-corrected chi connectivity index (χ0v) is 21.6. The monoisotopic (exact) mass is 508 g/mol. The number of carbonyl (C=O) groups excluding carboxylic acids is 5. The van der Waals surface area contributed by atoms with Crippen LogP contribution < -0.4 is 16.0 Å². The molecule has 0 unspecified atom stereocenters. The molecule has 0 fully saturated rings. The van der Waals surface area contributed by atoms with Gasteiger partial charge in [0.15, 0.2) is 0 Å². The van der Waals surface area contributed by atoms with E-state index in [1.807, 2.05) is 13.8 Å².